The van der Waals surface area contributed by atoms with Crippen LogP contribution in [0.4, 0.5) is 11.5 Å². The third-order valence-corrected chi connectivity index (χ3v) is 5.02. The van der Waals surface area contributed by atoms with E-state index in [0.717, 1.165) is 11.3 Å². The molecule has 0 saturated heterocycles. The predicted octanol–water partition coefficient (Wildman–Crippen LogP) is 4.33. The van der Waals surface area contributed by atoms with E-state index in [1.165, 1.54) is 6.33 Å². The van der Waals surface area contributed by atoms with E-state index in [9.17, 15) is 4.79 Å². The lowest BCUT2D eigenvalue weighted by Gasteiger charge is -2.15. The van der Waals surface area contributed by atoms with Crippen LogP contribution in [0, 0.1) is 6.92 Å². The van der Waals surface area contributed by atoms with Gasteiger partial charge in [-0.05, 0) is 55.3 Å². The number of rotatable bonds is 7. The van der Waals surface area contributed by atoms with Gasteiger partial charge in [0.25, 0.3) is 5.91 Å². The topological polar surface area (TPSA) is 102 Å². The number of benzene rings is 2. The maximum atomic E-state index is 12.7. The molecule has 0 unspecified atom stereocenters. The van der Waals surface area contributed by atoms with Gasteiger partial charge in [-0.2, -0.15) is 0 Å². The second-order valence-electron chi connectivity index (χ2n) is 6.83. The van der Waals surface area contributed by atoms with Gasteiger partial charge in [0.15, 0.2) is 0 Å². The van der Waals surface area contributed by atoms with Crippen molar-refractivity contribution >= 4 is 34.7 Å². The number of nitrogens with zero attached hydrogens (tertiary/aromatic N) is 3. The molecule has 3 aromatic rings. The summed E-state index contributed by atoms with van der Waals surface area (Å²) in [5.41, 5.74) is 10.2. The maximum Gasteiger partial charge on any atom is 0.255 e. The molecule has 160 valence electrons. The Morgan fingerprint density at radius 3 is 2.61 bits per heavy atom. The van der Waals surface area contributed by atoms with Crippen molar-refractivity contribution in [2.24, 2.45) is 4.99 Å². The van der Waals surface area contributed by atoms with Gasteiger partial charge in [0, 0.05) is 23.3 Å². The van der Waals surface area contributed by atoms with Crippen molar-refractivity contribution in [3.63, 3.8) is 0 Å². The Morgan fingerprint density at radius 2 is 1.94 bits per heavy atom. The van der Waals surface area contributed by atoms with E-state index in [-0.39, 0.29) is 12.5 Å². The molecule has 0 saturated carbocycles. The van der Waals surface area contributed by atoms with Crippen LogP contribution in [0.3, 0.4) is 0 Å². The molecule has 31 heavy (non-hydrogen) atoms. The third kappa shape index (κ3) is 5.38. The molecule has 0 radical (unpaired) electrons. The van der Waals surface area contributed by atoms with E-state index in [2.05, 4.69) is 20.3 Å². The second-order valence-corrected chi connectivity index (χ2v) is 7.27. The number of nitrogen functional groups attached to an aromatic ring is 1. The predicted molar refractivity (Wildman–Crippen MR) is 124 cm³/mol. The average Bonchev–Trinajstić information content (AvgIpc) is 2.77. The van der Waals surface area contributed by atoms with Crippen molar-refractivity contribution in [1.82, 2.24) is 9.97 Å². The van der Waals surface area contributed by atoms with E-state index >= 15 is 0 Å². The number of hydrogen-bond acceptors (Lipinski definition) is 6. The number of carbonyl (C=O) groups is 1. The third-order valence-electron chi connectivity index (χ3n) is 4.77. The van der Waals surface area contributed by atoms with E-state index < -0.39 is 0 Å². The van der Waals surface area contributed by atoms with Gasteiger partial charge in [0.1, 0.15) is 24.5 Å². The normalized spacial score (nSPS) is 11.3. The molecule has 8 heteroatoms. The first kappa shape index (κ1) is 22.2. The molecular formula is C23H24ClN5O2. The van der Waals surface area contributed by atoms with Crippen LogP contribution in [0.2, 0.25) is 5.02 Å². The number of carbonyl (C=O) groups excluding carboxylic acids is 1. The Hall–Kier alpha value is -3.45. The first-order valence-corrected chi connectivity index (χ1v) is 10.2. The summed E-state index contributed by atoms with van der Waals surface area (Å²) in [6, 6.07) is 12.2. The molecule has 0 bridgehead atoms. The Labute approximate surface area is 186 Å². The molecule has 0 aliphatic carbocycles. The molecule has 1 heterocycles. The first-order chi connectivity index (χ1) is 14.9. The van der Waals surface area contributed by atoms with Crippen LogP contribution >= 0.6 is 11.6 Å². The fraction of sp³-hybridized carbons (Fsp3) is 0.217. The summed E-state index contributed by atoms with van der Waals surface area (Å²) in [4.78, 5) is 25.4. The molecule has 2 aromatic carbocycles. The average molecular weight is 438 g/mol. The molecule has 3 N–H and O–H groups in total. The number of anilines is 2. The molecule has 0 fully saturated rings. The summed E-state index contributed by atoms with van der Waals surface area (Å²) in [7, 11) is 1.67. The Morgan fingerprint density at radius 1 is 1.19 bits per heavy atom. The highest BCUT2D eigenvalue weighted by molar-refractivity contribution is 6.30. The monoisotopic (exact) mass is 437 g/mol. The number of nitrogens with two attached hydrogens (primary N) is 1. The van der Waals surface area contributed by atoms with Crippen LogP contribution in [-0.4, -0.2) is 35.2 Å². The van der Waals surface area contributed by atoms with Crippen molar-refractivity contribution in [2.45, 2.75) is 20.3 Å². The van der Waals surface area contributed by atoms with Crippen molar-refractivity contribution in [3.05, 3.63) is 76.2 Å². The summed E-state index contributed by atoms with van der Waals surface area (Å²) >= 11 is 5.89. The lowest BCUT2D eigenvalue weighted by molar-refractivity contribution is 0.102. The van der Waals surface area contributed by atoms with E-state index in [1.807, 2.05) is 19.9 Å². The van der Waals surface area contributed by atoms with Crippen LogP contribution in [0.1, 0.15) is 34.1 Å². The molecule has 7 nitrogen and oxygen atoms in total. The highest BCUT2D eigenvalue weighted by Gasteiger charge is 2.16. The van der Waals surface area contributed by atoms with Gasteiger partial charge in [-0.1, -0.05) is 24.6 Å². The number of halogens is 1. The molecule has 3 rings (SSSR count). The number of ether oxygens (including phenoxy) is 1. The Balaban J connectivity index is 1.78. The van der Waals surface area contributed by atoms with Gasteiger partial charge < -0.3 is 15.8 Å². The molecule has 0 aliphatic rings. The lowest BCUT2D eigenvalue weighted by atomic mass is 10.1. The van der Waals surface area contributed by atoms with Gasteiger partial charge in [0.05, 0.1) is 17.0 Å². The first-order valence-electron chi connectivity index (χ1n) is 9.78. The Kier molecular flexibility index (Phi) is 7.20. The minimum atomic E-state index is -0.245. The summed E-state index contributed by atoms with van der Waals surface area (Å²) in [5.74, 6) is 0.702. The zero-order chi connectivity index (χ0) is 22.4. The Bertz CT molecular complexity index is 1110. The highest BCUT2D eigenvalue weighted by Crippen LogP contribution is 2.22. The second kappa shape index (κ2) is 10.0. The molecular weight excluding hydrogens is 414 g/mol. The summed E-state index contributed by atoms with van der Waals surface area (Å²) in [5, 5.41) is 3.45. The molecule has 1 aromatic heterocycles. The number of aromatic nitrogens is 2. The zero-order valence-electron chi connectivity index (χ0n) is 17.6. The zero-order valence-corrected chi connectivity index (χ0v) is 18.4. The number of hydrogen-bond donors (Lipinski definition) is 2. The smallest absolute Gasteiger partial charge is 0.255 e. The van der Waals surface area contributed by atoms with E-state index in [4.69, 9.17) is 22.1 Å². The number of amides is 1. The minimum absolute atomic E-state index is 0.171. The lowest BCUT2D eigenvalue weighted by Crippen LogP contribution is -2.19. The number of aryl methyl sites for hydroxylation is 2. The number of nitrogens with one attached hydrogen (secondary N) is 1. The van der Waals surface area contributed by atoms with Gasteiger partial charge in [-0.25, -0.2) is 9.97 Å². The van der Waals surface area contributed by atoms with E-state index in [1.54, 1.807) is 43.4 Å². The standard InChI is InChI=1S/C23H24ClN5O2/c1-4-18-21(22(25)28-13-27-18)19(26-3)12-31-20-11-15(6-5-14(20)2)23(30)29-17-9-7-16(24)8-10-17/h5-11,13H,4,12H2,1-3H3,(H,29,30)(H2,25,27,28). The van der Waals surface area contributed by atoms with Crippen molar-refractivity contribution in [1.29, 1.82) is 0 Å². The molecule has 0 atom stereocenters. The summed E-state index contributed by atoms with van der Waals surface area (Å²) < 4.78 is 6.02. The van der Waals surface area contributed by atoms with Crippen LogP contribution in [0.25, 0.3) is 0 Å². The molecule has 0 aliphatic heterocycles. The van der Waals surface area contributed by atoms with Crippen LogP contribution in [0.5, 0.6) is 5.75 Å². The van der Waals surface area contributed by atoms with Crippen LogP contribution < -0.4 is 15.8 Å². The molecule has 1 amide bonds. The summed E-state index contributed by atoms with van der Waals surface area (Å²) in [6.07, 6.45) is 2.14. The fourth-order valence-corrected chi connectivity index (χ4v) is 3.17. The van der Waals surface area contributed by atoms with Gasteiger partial charge in [-0.15, -0.1) is 0 Å². The van der Waals surface area contributed by atoms with Gasteiger partial charge in [-0.3, -0.25) is 9.79 Å². The van der Waals surface area contributed by atoms with Crippen LogP contribution in [-0.2, 0) is 6.42 Å². The molecule has 0 spiro atoms. The largest absolute Gasteiger partial charge is 0.487 e. The van der Waals surface area contributed by atoms with Crippen LogP contribution in [0.15, 0.2) is 53.8 Å². The quantitative estimate of drug-likeness (QED) is 0.535. The maximum absolute atomic E-state index is 12.7. The van der Waals surface area contributed by atoms with Crippen molar-refractivity contribution in [3.8, 4) is 5.75 Å². The van der Waals surface area contributed by atoms with Crippen molar-refractivity contribution in [2.75, 3.05) is 24.7 Å². The van der Waals surface area contributed by atoms with Gasteiger partial charge in [0.2, 0.25) is 0 Å². The van der Waals surface area contributed by atoms with Crippen molar-refractivity contribution < 1.29 is 9.53 Å². The van der Waals surface area contributed by atoms with E-state index in [0.29, 0.717) is 45.5 Å². The fourth-order valence-electron chi connectivity index (χ4n) is 3.05. The summed E-state index contributed by atoms with van der Waals surface area (Å²) in [6.45, 7) is 4.08. The SMILES string of the molecule is CCc1ncnc(N)c1C(COc1cc(C(=O)Nc2ccc(Cl)cc2)ccc1C)=NC. The van der Waals surface area contributed by atoms with Gasteiger partial charge >= 0.3 is 0 Å². The highest BCUT2D eigenvalue weighted by atomic mass is 35.5. The minimum Gasteiger partial charge on any atom is -0.487 e. The number of aliphatic imine (C=N–C) groups is 1.